The Hall–Kier alpha value is -3.17. The van der Waals surface area contributed by atoms with Crippen LogP contribution in [0.3, 0.4) is 0 Å². The van der Waals surface area contributed by atoms with Crippen LogP contribution in [-0.2, 0) is 10.0 Å². The molecule has 0 radical (unpaired) electrons. The first-order valence-corrected chi connectivity index (χ1v) is 12.5. The summed E-state index contributed by atoms with van der Waals surface area (Å²) in [6, 6.07) is 19.2. The number of aromatic nitrogens is 2. The van der Waals surface area contributed by atoms with Crippen molar-refractivity contribution in [2.75, 3.05) is 26.2 Å². The fraction of sp³-hybridized carbons (Fsp3) is 0.333. The van der Waals surface area contributed by atoms with E-state index in [1.807, 2.05) is 60.7 Å². The molecule has 0 bridgehead atoms. The first kappa shape index (κ1) is 23.0. The maximum Gasteiger partial charge on any atom is 0.318 e. The number of urea groups is 1. The molecule has 4 rings (SSSR count). The van der Waals surface area contributed by atoms with E-state index in [1.54, 1.807) is 18.7 Å². The molecule has 1 aliphatic rings. The minimum absolute atomic E-state index is 0.206. The van der Waals surface area contributed by atoms with Crippen molar-refractivity contribution in [1.82, 2.24) is 24.7 Å². The van der Waals surface area contributed by atoms with Gasteiger partial charge in [-0.2, -0.15) is 9.40 Å². The Balaban J connectivity index is 1.49. The number of hydrogen-bond donors (Lipinski definition) is 2. The molecule has 1 saturated heterocycles. The van der Waals surface area contributed by atoms with Crippen LogP contribution in [0.1, 0.15) is 35.0 Å². The molecule has 9 heteroatoms. The van der Waals surface area contributed by atoms with Gasteiger partial charge in [-0.1, -0.05) is 60.7 Å². The number of carbonyl (C=O) groups excluding carboxylic acids is 1. The van der Waals surface area contributed by atoms with E-state index in [2.05, 4.69) is 15.5 Å². The molecule has 3 aromatic rings. The van der Waals surface area contributed by atoms with Crippen molar-refractivity contribution in [3.63, 3.8) is 0 Å². The van der Waals surface area contributed by atoms with Crippen LogP contribution in [0, 0.1) is 13.8 Å². The van der Waals surface area contributed by atoms with E-state index in [1.165, 1.54) is 4.31 Å². The Labute approximate surface area is 194 Å². The average molecular weight is 468 g/mol. The number of hydrogen-bond acceptors (Lipinski definition) is 4. The average Bonchev–Trinajstić information content (AvgIpc) is 3.02. The molecule has 33 heavy (non-hydrogen) atoms. The minimum Gasteiger partial charge on any atom is -0.327 e. The van der Waals surface area contributed by atoms with E-state index in [9.17, 15) is 13.2 Å². The molecule has 2 aromatic carbocycles. The molecular weight excluding hydrogens is 438 g/mol. The van der Waals surface area contributed by atoms with Crippen molar-refractivity contribution in [3.05, 3.63) is 83.2 Å². The second-order valence-corrected chi connectivity index (χ2v) is 10.1. The van der Waals surface area contributed by atoms with Gasteiger partial charge < -0.3 is 10.2 Å². The predicted octanol–water partition coefficient (Wildman–Crippen LogP) is 3.22. The molecule has 1 aliphatic heterocycles. The van der Waals surface area contributed by atoms with E-state index < -0.39 is 10.0 Å². The molecule has 2 amide bonds. The predicted molar refractivity (Wildman–Crippen MR) is 126 cm³/mol. The third-order valence-electron chi connectivity index (χ3n) is 5.93. The van der Waals surface area contributed by atoms with E-state index in [0.29, 0.717) is 37.4 Å². The van der Waals surface area contributed by atoms with Gasteiger partial charge in [0.1, 0.15) is 4.90 Å². The van der Waals surface area contributed by atoms with Crippen molar-refractivity contribution in [2.24, 2.45) is 0 Å². The number of amides is 2. The van der Waals surface area contributed by atoms with Crippen LogP contribution in [0.4, 0.5) is 4.79 Å². The Morgan fingerprint density at radius 3 is 2.09 bits per heavy atom. The monoisotopic (exact) mass is 467 g/mol. The fourth-order valence-electron chi connectivity index (χ4n) is 4.25. The smallest absolute Gasteiger partial charge is 0.318 e. The number of sulfonamides is 1. The van der Waals surface area contributed by atoms with Gasteiger partial charge >= 0.3 is 6.03 Å². The third-order valence-corrected chi connectivity index (χ3v) is 8.10. The molecule has 8 nitrogen and oxygen atoms in total. The largest absolute Gasteiger partial charge is 0.327 e. The van der Waals surface area contributed by atoms with E-state index in [0.717, 1.165) is 11.1 Å². The van der Waals surface area contributed by atoms with Crippen molar-refractivity contribution >= 4 is 16.1 Å². The minimum atomic E-state index is -3.68. The zero-order valence-corrected chi connectivity index (χ0v) is 19.7. The summed E-state index contributed by atoms with van der Waals surface area (Å²) in [5.41, 5.74) is 2.96. The lowest BCUT2D eigenvalue weighted by Crippen LogP contribution is -2.44. The van der Waals surface area contributed by atoms with Crippen LogP contribution in [0.25, 0.3) is 0 Å². The van der Waals surface area contributed by atoms with E-state index in [-0.39, 0.29) is 23.5 Å². The summed E-state index contributed by atoms with van der Waals surface area (Å²) < 4.78 is 27.9. The zero-order chi connectivity index (χ0) is 23.4. The molecule has 1 aromatic heterocycles. The number of benzene rings is 2. The molecule has 2 N–H and O–H groups in total. The molecule has 0 aliphatic carbocycles. The normalized spacial score (nSPS) is 15.4. The zero-order valence-electron chi connectivity index (χ0n) is 18.9. The van der Waals surface area contributed by atoms with Gasteiger partial charge in [0.15, 0.2) is 0 Å². The molecule has 0 saturated carbocycles. The van der Waals surface area contributed by atoms with E-state index >= 15 is 0 Å². The Morgan fingerprint density at radius 2 is 1.55 bits per heavy atom. The number of aryl methyl sites for hydroxylation is 2. The molecule has 174 valence electrons. The van der Waals surface area contributed by atoms with Gasteiger partial charge in [0, 0.05) is 26.2 Å². The molecule has 0 atom stereocenters. The Morgan fingerprint density at radius 1 is 0.939 bits per heavy atom. The number of nitrogens with one attached hydrogen (secondary N) is 2. The summed E-state index contributed by atoms with van der Waals surface area (Å²) in [4.78, 5) is 15.2. The van der Waals surface area contributed by atoms with Crippen LogP contribution in [-0.4, -0.2) is 60.0 Å². The highest BCUT2D eigenvalue weighted by Crippen LogP contribution is 2.24. The summed E-state index contributed by atoms with van der Waals surface area (Å²) in [6.45, 7) is 4.78. The molecular formula is C24H29N5O3S. The lowest BCUT2D eigenvalue weighted by atomic mass is 9.99. The van der Waals surface area contributed by atoms with Gasteiger partial charge in [0.2, 0.25) is 10.0 Å². The van der Waals surface area contributed by atoms with Crippen LogP contribution >= 0.6 is 0 Å². The van der Waals surface area contributed by atoms with Crippen molar-refractivity contribution < 1.29 is 13.2 Å². The Bertz CT molecular complexity index is 1140. The number of aromatic amines is 1. The quantitative estimate of drug-likeness (QED) is 0.602. The number of H-pyrrole nitrogens is 1. The first-order chi connectivity index (χ1) is 15.9. The lowest BCUT2D eigenvalue weighted by molar-refractivity contribution is 0.198. The topological polar surface area (TPSA) is 98.4 Å². The van der Waals surface area contributed by atoms with Crippen molar-refractivity contribution in [3.8, 4) is 0 Å². The van der Waals surface area contributed by atoms with Gasteiger partial charge in [-0.25, -0.2) is 13.2 Å². The van der Waals surface area contributed by atoms with E-state index in [4.69, 9.17) is 0 Å². The summed E-state index contributed by atoms with van der Waals surface area (Å²) in [5.74, 6) is 0. The van der Waals surface area contributed by atoms with Crippen molar-refractivity contribution in [1.29, 1.82) is 0 Å². The summed E-state index contributed by atoms with van der Waals surface area (Å²) in [5, 5.41) is 9.93. The highest BCUT2D eigenvalue weighted by atomic mass is 32.2. The first-order valence-electron chi connectivity index (χ1n) is 11.0. The van der Waals surface area contributed by atoms with Crippen LogP contribution in [0.5, 0.6) is 0 Å². The summed E-state index contributed by atoms with van der Waals surface area (Å²) in [7, 11) is -3.68. The maximum absolute atomic E-state index is 13.2. The van der Waals surface area contributed by atoms with Crippen LogP contribution < -0.4 is 5.32 Å². The summed E-state index contributed by atoms with van der Waals surface area (Å²) in [6.07, 6.45) is 0.559. The van der Waals surface area contributed by atoms with Gasteiger partial charge in [-0.05, 0) is 31.4 Å². The maximum atomic E-state index is 13.2. The van der Waals surface area contributed by atoms with Gasteiger partial charge in [-0.15, -0.1) is 0 Å². The number of nitrogens with zero attached hydrogens (tertiary/aromatic N) is 3. The lowest BCUT2D eigenvalue weighted by Gasteiger charge is -2.26. The number of carbonyl (C=O) groups is 1. The van der Waals surface area contributed by atoms with Gasteiger partial charge in [-0.3, -0.25) is 5.10 Å². The molecule has 2 heterocycles. The Kier molecular flexibility index (Phi) is 6.80. The number of rotatable bonds is 5. The molecule has 0 spiro atoms. The summed E-state index contributed by atoms with van der Waals surface area (Å²) >= 11 is 0. The second kappa shape index (κ2) is 9.76. The second-order valence-electron chi connectivity index (χ2n) is 8.21. The highest BCUT2D eigenvalue weighted by molar-refractivity contribution is 7.89. The van der Waals surface area contributed by atoms with Gasteiger partial charge in [0.05, 0.1) is 17.4 Å². The van der Waals surface area contributed by atoms with Crippen molar-refractivity contribution in [2.45, 2.75) is 31.2 Å². The fourth-order valence-corrected chi connectivity index (χ4v) is 6.05. The van der Waals surface area contributed by atoms with Gasteiger partial charge in [0.25, 0.3) is 0 Å². The SMILES string of the molecule is Cc1n[nH]c(C)c1S(=O)(=O)N1CCCN(C(=O)NC(c2ccccc2)c2ccccc2)CC1. The molecule has 1 fully saturated rings. The standard InChI is InChI=1S/C24H29N5O3S/c1-18-23(19(2)27-26-18)33(31,32)29-15-9-14-28(16-17-29)24(30)25-22(20-10-5-3-6-11-20)21-12-7-4-8-13-21/h3-8,10-13,22H,9,14-17H2,1-2H3,(H,25,30)(H,26,27). The molecule has 0 unspecified atom stereocenters. The highest BCUT2D eigenvalue weighted by Gasteiger charge is 2.32. The van der Waals surface area contributed by atoms with Crippen LogP contribution in [0.2, 0.25) is 0 Å². The van der Waals surface area contributed by atoms with Crippen LogP contribution in [0.15, 0.2) is 65.6 Å². The third kappa shape index (κ3) is 4.94.